The molecular formula is C24H26N2O4S. The van der Waals surface area contributed by atoms with Gasteiger partial charge in [0.05, 0.1) is 33.9 Å². The van der Waals surface area contributed by atoms with E-state index in [1.807, 2.05) is 36.4 Å². The lowest BCUT2D eigenvalue weighted by Gasteiger charge is -2.37. The van der Waals surface area contributed by atoms with E-state index in [4.69, 9.17) is 14.2 Å². The quantitative estimate of drug-likeness (QED) is 0.594. The molecule has 0 saturated carbocycles. The Balaban J connectivity index is 1.59. The first kappa shape index (κ1) is 21.2. The summed E-state index contributed by atoms with van der Waals surface area (Å²) in [5.74, 6) is 2.15. The van der Waals surface area contributed by atoms with E-state index in [1.54, 1.807) is 32.7 Å². The number of thiophene rings is 1. The van der Waals surface area contributed by atoms with Crippen molar-refractivity contribution in [1.82, 2.24) is 4.90 Å². The van der Waals surface area contributed by atoms with Crippen LogP contribution in [0.25, 0.3) is 0 Å². The van der Waals surface area contributed by atoms with Crippen molar-refractivity contribution in [1.29, 1.82) is 0 Å². The Morgan fingerprint density at radius 1 is 1.06 bits per heavy atom. The van der Waals surface area contributed by atoms with Crippen LogP contribution in [0.5, 0.6) is 17.2 Å². The molecule has 31 heavy (non-hydrogen) atoms. The Morgan fingerprint density at radius 2 is 1.81 bits per heavy atom. The highest BCUT2D eigenvalue weighted by Crippen LogP contribution is 2.42. The number of anilines is 1. The molecule has 1 aliphatic heterocycles. The van der Waals surface area contributed by atoms with E-state index in [-0.39, 0.29) is 11.9 Å². The molecule has 0 saturated heterocycles. The summed E-state index contributed by atoms with van der Waals surface area (Å²) in [4.78, 5) is 16.3. The van der Waals surface area contributed by atoms with Gasteiger partial charge < -0.3 is 19.5 Å². The van der Waals surface area contributed by atoms with Gasteiger partial charge in [0.2, 0.25) is 5.91 Å². The Hall–Kier alpha value is -3.03. The number of amides is 1. The van der Waals surface area contributed by atoms with Crippen molar-refractivity contribution in [3.63, 3.8) is 0 Å². The van der Waals surface area contributed by atoms with E-state index in [1.165, 1.54) is 10.4 Å². The van der Waals surface area contributed by atoms with Gasteiger partial charge in [0.1, 0.15) is 5.75 Å². The highest BCUT2D eigenvalue weighted by atomic mass is 32.1. The zero-order valence-electron chi connectivity index (χ0n) is 17.9. The monoisotopic (exact) mass is 438 g/mol. The molecule has 1 atom stereocenters. The molecule has 0 fully saturated rings. The van der Waals surface area contributed by atoms with Crippen LogP contribution >= 0.6 is 11.3 Å². The highest BCUT2D eigenvalue weighted by molar-refractivity contribution is 7.10. The number of fused-ring (bicyclic) bond motifs is 1. The average molecular weight is 439 g/mol. The van der Waals surface area contributed by atoms with Gasteiger partial charge >= 0.3 is 0 Å². The van der Waals surface area contributed by atoms with Crippen LogP contribution in [0.2, 0.25) is 0 Å². The van der Waals surface area contributed by atoms with Crippen LogP contribution in [-0.2, 0) is 11.2 Å². The first-order valence-corrected chi connectivity index (χ1v) is 11.0. The molecule has 1 amide bonds. The lowest BCUT2D eigenvalue weighted by Crippen LogP contribution is -2.40. The number of carbonyl (C=O) groups excluding carboxylic acids is 1. The largest absolute Gasteiger partial charge is 0.497 e. The third-order valence-corrected chi connectivity index (χ3v) is 6.43. The van der Waals surface area contributed by atoms with Crippen molar-refractivity contribution in [3.8, 4) is 17.2 Å². The maximum atomic E-state index is 12.9. The molecule has 4 rings (SSSR count). The minimum Gasteiger partial charge on any atom is -0.497 e. The Labute approximate surface area is 186 Å². The fourth-order valence-electron chi connectivity index (χ4n) is 4.01. The molecule has 0 radical (unpaired) electrons. The van der Waals surface area contributed by atoms with Crippen LogP contribution in [0.1, 0.15) is 22.0 Å². The fraction of sp³-hybridized carbons (Fsp3) is 0.292. The third-order valence-electron chi connectivity index (χ3n) is 5.51. The molecule has 3 aromatic rings. The van der Waals surface area contributed by atoms with E-state index in [0.717, 1.165) is 35.7 Å². The van der Waals surface area contributed by atoms with Gasteiger partial charge in [-0.1, -0.05) is 6.07 Å². The molecule has 0 aliphatic carbocycles. The number of nitrogens with zero attached hydrogens (tertiary/aromatic N) is 1. The van der Waals surface area contributed by atoms with Crippen molar-refractivity contribution in [3.05, 3.63) is 69.9 Å². The summed E-state index contributed by atoms with van der Waals surface area (Å²) in [6.45, 7) is 1.07. The maximum absolute atomic E-state index is 12.9. The van der Waals surface area contributed by atoms with Crippen LogP contribution in [0, 0.1) is 0 Å². The minimum absolute atomic E-state index is 0.00910. The van der Waals surface area contributed by atoms with Gasteiger partial charge in [0.25, 0.3) is 0 Å². The van der Waals surface area contributed by atoms with E-state index in [2.05, 4.69) is 27.7 Å². The summed E-state index contributed by atoms with van der Waals surface area (Å²) >= 11 is 1.70. The standard InChI is InChI=1S/C24H26N2O4S/c1-28-18-8-6-17(7-9-18)25-23(27)15-26-11-10-16-13-20(29-2)21(30-3)14-19(16)24(26)22-5-4-12-31-22/h4-9,12-14,24H,10-11,15H2,1-3H3,(H,25,27)/t24-/m0/s1. The second kappa shape index (κ2) is 9.41. The van der Waals surface area contributed by atoms with Crippen molar-refractivity contribution < 1.29 is 19.0 Å². The van der Waals surface area contributed by atoms with E-state index in [0.29, 0.717) is 12.3 Å². The Morgan fingerprint density at radius 3 is 2.45 bits per heavy atom. The van der Waals surface area contributed by atoms with E-state index >= 15 is 0 Å². The number of carbonyl (C=O) groups is 1. The number of methoxy groups -OCH3 is 3. The van der Waals surface area contributed by atoms with Crippen LogP contribution in [-0.4, -0.2) is 45.2 Å². The second-order valence-corrected chi connectivity index (χ2v) is 8.30. The summed E-state index contributed by atoms with van der Waals surface area (Å²) in [6.07, 6.45) is 0.841. The van der Waals surface area contributed by atoms with Gasteiger partial charge in [-0.3, -0.25) is 9.69 Å². The van der Waals surface area contributed by atoms with Crippen molar-refractivity contribution in [2.45, 2.75) is 12.5 Å². The number of benzene rings is 2. The molecule has 7 heteroatoms. The van der Waals surface area contributed by atoms with Gasteiger partial charge in [0.15, 0.2) is 11.5 Å². The van der Waals surface area contributed by atoms with Crippen LogP contribution < -0.4 is 19.5 Å². The number of hydrogen-bond acceptors (Lipinski definition) is 6. The Kier molecular flexibility index (Phi) is 6.44. The zero-order chi connectivity index (χ0) is 21.8. The van der Waals surface area contributed by atoms with Crippen LogP contribution in [0.4, 0.5) is 5.69 Å². The van der Waals surface area contributed by atoms with Gasteiger partial charge in [-0.05, 0) is 65.4 Å². The molecule has 0 unspecified atom stereocenters. The molecule has 1 aromatic heterocycles. The van der Waals surface area contributed by atoms with Crippen LogP contribution in [0.15, 0.2) is 53.9 Å². The highest BCUT2D eigenvalue weighted by Gasteiger charge is 2.32. The van der Waals surface area contributed by atoms with Crippen molar-refractivity contribution >= 4 is 22.9 Å². The molecule has 1 aliphatic rings. The molecule has 6 nitrogen and oxygen atoms in total. The third kappa shape index (κ3) is 4.52. The number of rotatable bonds is 7. The number of ether oxygens (including phenoxy) is 3. The maximum Gasteiger partial charge on any atom is 0.238 e. The van der Waals surface area contributed by atoms with Gasteiger partial charge in [0, 0.05) is 17.1 Å². The lowest BCUT2D eigenvalue weighted by molar-refractivity contribution is -0.117. The van der Waals surface area contributed by atoms with E-state index in [9.17, 15) is 4.79 Å². The normalized spacial score (nSPS) is 15.8. The first-order valence-electron chi connectivity index (χ1n) is 10.1. The topological polar surface area (TPSA) is 60.0 Å². The van der Waals surface area contributed by atoms with Crippen molar-refractivity contribution in [2.24, 2.45) is 0 Å². The predicted molar refractivity (Wildman–Crippen MR) is 123 cm³/mol. The number of nitrogens with one attached hydrogen (secondary N) is 1. The molecule has 162 valence electrons. The predicted octanol–water partition coefficient (Wildman–Crippen LogP) is 4.36. The molecule has 0 bridgehead atoms. The van der Waals surface area contributed by atoms with Gasteiger partial charge in [-0.25, -0.2) is 0 Å². The second-order valence-electron chi connectivity index (χ2n) is 7.32. The van der Waals surface area contributed by atoms with Gasteiger partial charge in [-0.15, -0.1) is 11.3 Å². The summed E-state index contributed by atoms with van der Waals surface area (Å²) in [6, 6.07) is 15.6. The molecule has 2 heterocycles. The average Bonchev–Trinajstić information content (AvgIpc) is 3.32. The number of hydrogen-bond donors (Lipinski definition) is 1. The minimum atomic E-state index is -0.0457. The SMILES string of the molecule is COc1ccc(NC(=O)CN2CCc3cc(OC)c(OC)cc3[C@H]2c2cccs2)cc1. The van der Waals surface area contributed by atoms with E-state index < -0.39 is 0 Å². The van der Waals surface area contributed by atoms with Crippen LogP contribution in [0.3, 0.4) is 0 Å². The Bertz CT molecular complexity index is 1030. The summed E-state index contributed by atoms with van der Waals surface area (Å²) in [5, 5.41) is 5.06. The molecule has 0 spiro atoms. The lowest BCUT2D eigenvalue weighted by atomic mass is 9.91. The summed E-state index contributed by atoms with van der Waals surface area (Å²) in [7, 11) is 4.92. The molecule has 2 aromatic carbocycles. The van der Waals surface area contributed by atoms with Gasteiger partial charge in [-0.2, -0.15) is 0 Å². The smallest absolute Gasteiger partial charge is 0.238 e. The summed E-state index contributed by atoms with van der Waals surface area (Å²) in [5.41, 5.74) is 3.13. The zero-order valence-corrected chi connectivity index (χ0v) is 18.7. The molecule has 1 N–H and O–H groups in total. The van der Waals surface area contributed by atoms with Crippen molar-refractivity contribution in [2.75, 3.05) is 39.7 Å². The first-order chi connectivity index (χ1) is 15.1. The molecular weight excluding hydrogens is 412 g/mol. The summed E-state index contributed by atoms with van der Waals surface area (Å²) < 4.78 is 16.2. The fourth-order valence-corrected chi connectivity index (χ4v) is 4.88.